The molecule has 0 unspecified atom stereocenters. The van der Waals surface area contributed by atoms with Crippen molar-refractivity contribution in [3.8, 4) is 5.69 Å². The Labute approximate surface area is 156 Å². The smallest absolute Gasteiger partial charge is 0.230 e. The number of benzene rings is 1. The Morgan fingerprint density at radius 2 is 2.04 bits per heavy atom. The van der Waals surface area contributed by atoms with Crippen LogP contribution in [-0.4, -0.2) is 62.4 Å². The molecule has 0 aliphatic carbocycles. The van der Waals surface area contributed by atoms with Crippen molar-refractivity contribution in [2.45, 2.75) is 31.0 Å². The summed E-state index contributed by atoms with van der Waals surface area (Å²) in [6.45, 7) is 5.33. The van der Waals surface area contributed by atoms with Crippen LogP contribution in [-0.2, 0) is 4.79 Å². The van der Waals surface area contributed by atoms with Gasteiger partial charge in [-0.2, -0.15) is 4.68 Å². The monoisotopic (exact) mass is 380 g/mol. The van der Waals surface area contributed by atoms with E-state index in [2.05, 4.69) is 32.7 Å². The first-order chi connectivity index (χ1) is 12.2. The third kappa shape index (κ3) is 4.93. The highest BCUT2D eigenvalue weighted by molar-refractivity contribution is 7.99. The SMILES string of the molecule is CCN1CCC(NC(=O)CSc2nnnn2-c2ccc(Cl)cc2)CC1. The second-order valence-corrected chi connectivity index (χ2v) is 7.29. The first-order valence-corrected chi connectivity index (χ1v) is 9.71. The van der Waals surface area contributed by atoms with E-state index in [9.17, 15) is 4.79 Å². The van der Waals surface area contributed by atoms with Gasteiger partial charge in [-0.25, -0.2) is 0 Å². The van der Waals surface area contributed by atoms with E-state index in [4.69, 9.17) is 11.6 Å². The number of halogens is 1. The molecule has 9 heteroatoms. The Morgan fingerprint density at radius 1 is 1.32 bits per heavy atom. The number of likely N-dealkylation sites (tertiary alicyclic amines) is 1. The van der Waals surface area contributed by atoms with Crippen molar-refractivity contribution in [3.05, 3.63) is 29.3 Å². The molecule has 0 atom stereocenters. The van der Waals surface area contributed by atoms with E-state index >= 15 is 0 Å². The molecule has 1 fully saturated rings. The van der Waals surface area contributed by atoms with Gasteiger partial charge in [0.2, 0.25) is 11.1 Å². The lowest BCUT2D eigenvalue weighted by molar-refractivity contribution is -0.119. The van der Waals surface area contributed by atoms with Gasteiger partial charge in [-0.05, 0) is 54.1 Å². The van der Waals surface area contributed by atoms with Crippen LogP contribution < -0.4 is 5.32 Å². The van der Waals surface area contributed by atoms with Gasteiger partial charge in [0.15, 0.2) is 0 Å². The maximum absolute atomic E-state index is 12.2. The van der Waals surface area contributed by atoms with E-state index in [1.165, 1.54) is 11.8 Å². The van der Waals surface area contributed by atoms with E-state index in [-0.39, 0.29) is 11.9 Å². The molecule has 1 aliphatic heterocycles. The predicted molar refractivity (Wildman–Crippen MR) is 98.2 cm³/mol. The molecule has 0 saturated carbocycles. The number of nitrogens with one attached hydrogen (secondary N) is 1. The Kier molecular flexibility index (Phi) is 6.28. The summed E-state index contributed by atoms with van der Waals surface area (Å²) in [6.07, 6.45) is 2.01. The van der Waals surface area contributed by atoms with Crippen LogP contribution in [0.4, 0.5) is 0 Å². The second kappa shape index (κ2) is 8.64. The third-order valence-electron chi connectivity index (χ3n) is 4.24. The fourth-order valence-corrected chi connectivity index (χ4v) is 3.63. The fourth-order valence-electron chi connectivity index (χ4n) is 2.81. The standard InChI is InChI=1S/C16H21ClN6OS/c1-2-22-9-7-13(8-10-22)18-15(24)11-25-16-19-20-21-23(16)14-5-3-12(17)4-6-14/h3-6,13H,2,7-11H2,1H3,(H,18,24). The maximum atomic E-state index is 12.2. The van der Waals surface area contributed by atoms with Crippen molar-refractivity contribution < 1.29 is 4.79 Å². The molecule has 1 aromatic carbocycles. The molecule has 1 aromatic heterocycles. The van der Waals surface area contributed by atoms with Crippen molar-refractivity contribution in [1.82, 2.24) is 30.4 Å². The van der Waals surface area contributed by atoms with E-state index in [1.54, 1.807) is 16.8 Å². The minimum Gasteiger partial charge on any atom is -0.353 e. The largest absolute Gasteiger partial charge is 0.353 e. The lowest BCUT2D eigenvalue weighted by atomic mass is 10.1. The highest BCUT2D eigenvalue weighted by Gasteiger charge is 2.20. The average Bonchev–Trinajstić information content (AvgIpc) is 3.10. The molecule has 7 nitrogen and oxygen atoms in total. The molecule has 2 heterocycles. The minimum absolute atomic E-state index is 0.0191. The number of carbonyl (C=O) groups is 1. The van der Waals surface area contributed by atoms with E-state index in [1.807, 2.05) is 12.1 Å². The van der Waals surface area contributed by atoms with Crippen LogP contribution in [0.2, 0.25) is 5.02 Å². The lowest BCUT2D eigenvalue weighted by Gasteiger charge is -2.31. The third-order valence-corrected chi connectivity index (χ3v) is 5.42. The molecule has 1 aliphatic rings. The number of nitrogens with zero attached hydrogens (tertiary/aromatic N) is 5. The van der Waals surface area contributed by atoms with Gasteiger partial charge in [0, 0.05) is 24.2 Å². The number of rotatable bonds is 6. The number of hydrogen-bond acceptors (Lipinski definition) is 6. The van der Waals surface area contributed by atoms with Crippen molar-refractivity contribution in [2.75, 3.05) is 25.4 Å². The van der Waals surface area contributed by atoms with Crippen molar-refractivity contribution in [2.24, 2.45) is 0 Å². The van der Waals surface area contributed by atoms with Crippen molar-refractivity contribution in [1.29, 1.82) is 0 Å². The van der Waals surface area contributed by atoms with Gasteiger partial charge in [-0.3, -0.25) is 4.79 Å². The Balaban J connectivity index is 1.51. The summed E-state index contributed by atoms with van der Waals surface area (Å²) < 4.78 is 1.61. The van der Waals surface area contributed by atoms with Gasteiger partial charge in [0.25, 0.3) is 0 Å². The Morgan fingerprint density at radius 3 is 2.72 bits per heavy atom. The van der Waals surface area contributed by atoms with Gasteiger partial charge < -0.3 is 10.2 Å². The van der Waals surface area contributed by atoms with E-state index in [0.717, 1.165) is 38.2 Å². The molecule has 1 amide bonds. The first kappa shape index (κ1) is 18.2. The maximum Gasteiger partial charge on any atom is 0.230 e. The fraction of sp³-hybridized carbons (Fsp3) is 0.500. The van der Waals surface area contributed by atoms with Gasteiger partial charge in [-0.1, -0.05) is 30.3 Å². The molecule has 1 N–H and O–H groups in total. The Hall–Kier alpha value is -1.64. The molecule has 0 spiro atoms. The zero-order chi connectivity index (χ0) is 17.6. The molecule has 3 rings (SSSR count). The summed E-state index contributed by atoms with van der Waals surface area (Å²) in [5, 5.41) is 16.0. The quantitative estimate of drug-likeness (QED) is 0.772. The highest BCUT2D eigenvalue weighted by atomic mass is 35.5. The summed E-state index contributed by atoms with van der Waals surface area (Å²) in [6, 6.07) is 7.50. The van der Waals surface area contributed by atoms with Crippen molar-refractivity contribution in [3.63, 3.8) is 0 Å². The number of hydrogen-bond donors (Lipinski definition) is 1. The lowest BCUT2D eigenvalue weighted by Crippen LogP contribution is -2.45. The van der Waals surface area contributed by atoms with Crippen LogP contribution in [0.1, 0.15) is 19.8 Å². The zero-order valence-corrected chi connectivity index (χ0v) is 15.6. The molecule has 2 aromatic rings. The number of piperidine rings is 1. The number of tetrazole rings is 1. The van der Waals surface area contributed by atoms with Crippen LogP contribution in [0.5, 0.6) is 0 Å². The summed E-state index contributed by atoms with van der Waals surface area (Å²) in [5.41, 5.74) is 0.809. The summed E-state index contributed by atoms with van der Waals surface area (Å²) in [5.74, 6) is 0.313. The van der Waals surface area contributed by atoms with Gasteiger partial charge in [0.05, 0.1) is 11.4 Å². The number of thioether (sulfide) groups is 1. The Bertz CT molecular complexity index is 699. The molecule has 0 bridgehead atoms. The normalized spacial score (nSPS) is 16.1. The first-order valence-electron chi connectivity index (χ1n) is 8.34. The minimum atomic E-state index is 0.0191. The van der Waals surface area contributed by atoms with Crippen LogP contribution >= 0.6 is 23.4 Å². The highest BCUT2D eigenvalue weighted by Crippen LogP contribution is 2.19. The molecular formula is C16H21ClN6OS. The van der Waals surface area contributed by atoms with E-state index in [0.29, 0.717) is 15.9 Å². The molecule has 25 heavy (non-hydrogen) atoms. The van der Waals surface area contributed by atoms with Gasteiger partial charge in [0.1, 0.15) is 0 Å². The molecule has 0 radical (unpaired) electrons. The number of carbonyl (C=O) groups excluding carboxylic acids is 1. The summed E-state index contributed by atoms with van der Waals surface area (Å²) >= 11 is 7.23. The average molecular weight is 381 g/mol. The second-order valence-electron chi connectivity index (χ2n) is 5.91. The van der Waals surface area contributed by atoms with Crippen molar-refractivity contribution >= 4 is 29.3 Å². The van der Waals surface area contributed by atoms with Crippen LogP contribution in [0, 0.1) is 0 Å². The zero-order valence-electron chi connectivity index (χ0n) is 14.1. The molecular weight excluding hydrogens is 360 g/mol. The topological polar surface area (TPSA) is 75.9 Å². The molecule has 1 saturated heterocycles. The summed E-state index contributed by atoms with van der Waals surface area (Å²) in [4.78, 5) is 14.6. The van der Waals surface area contributed by atoms with Crippen LogP contribution in [0.25, 0.3) is 5.69 Å². The van der Waals surface area contributed by atoms with Crippen LogP contribution in [0.3, 0.4) is 0 Å². The number of amides is 1. The molecule has 134 valence electrons. The van der Waals surface area contributed by atoms with Gasteiger partial charge in [-0.15, -0.1) is 5.10 Å². The van der Waals surface area contributed by atoms with Crippen LogP contribution in [0.15, 0.2) is 29.4 Å². The number of aromatic nitrogens is 4. The van der Waals surface area contributed by atoms with E-state index < -0.39 is 0 Å². The predicted octanol–water partition coefficient (Wildman–Crippen LogP) is 2.01. The summed E-state index contributed by atoms with van der Waals surface area (Å²) in [7, 11) is 0. The van der Waals surface area contributed by atoms with Gasteiger partial charge >= 0.3 is 0 Å².